The van der Waals surface area contributed by atoms with Gasteiger partial charge in [-0.25, -0.2) is 4.98 Å². The standard InChI is InChI=1S/C15H20FN5/c1-12-10-20(11-13-6-7-17-19(13)2)8-9-21(12)15-5-3-4-14(16)18-15/h3-7,12H,8-11H2,1-2H3. The summed E-state index contributed by atoms with van der Waals surface area (Å²) in [6.45, 7) is 5.78. The van der Waals surface area contributed by atoms with Gasteiger partial charge in [0.2, 0.25) is 5.95 Å². The Hall–Kier alpha value is -1.95. The molecule has 0 amide bonds. The largest absolute Gasteiger partial charge is 0.351 e. The quantitative estimate of drug-likeness (QED) is 0.806. The normalized spacial score (nSPS) is 20.0. The van der Waals surface area contributed by atoms with Gasteiger partial charge in [-0.1, -0.05) is 6.07 Å². The summed E-state index contributed by atoms with van der Waals surface area (Å²) in [5.41, 5.74) is 1.21. The first kappa shape index (κ1) is 14.0. The van der Waals surface area contributed by atoms with Crippen LogP contribution in [0.2, 0.25) is 0 Å². The fraction of sp³-hybridized carbons (Fsp3) is 0.467. The fourth-order valence-electron chi connectivity index (χ4n) is 2.86. The van der Waals surface area contributed by atoms with Crippen LogP contribution in [0.3, 0.4) is 0 Å². The second-order valence-corrected chi connectivity index (χ2v) is 5.54. The van der Waals surface area contributed by atoms with Crippen LogP contribution in [-0.4, -0.2) is 45.3 Å². The number of anilines is 1. The lowest BCUT2D eigenvalue weighted by atomic mass is 10.2. The van der Waals surface area contributed by atoms with E-state index in [1.54, 1.807) is 6.07 Å². The van der Waals surface area contributed by atoms with Gasteiger partial charge in [-0.2, -0.15) is 9.49 Å². The highest BCUT2D eigenvalue weighted by Gasteiger charge is 2.25. The summed E-state index contributed by atoms with van der Waals surface area (Å²) in [4.78, 5) is 8.56. The minimum absolute atomic E-state index is 0.307. The zero-order valence-corrected chi connectivity index (χ0v) is 12.4. The third kappa shape index (κ3) is 3.05. The van der Waals surface area contributed by atoms with Crippen LogP contribution >= 0.6 is 0 Å². The van der Waals surface area contributed by atoms with E-state index in [9.17, 15) is 4.39 Å². The molecule has 0 aliphatic carbocycles. The number of hydrogen-bond acceptors (Lipinski definition) is 4. The summed E-state index contributed by atoms with van der Waals surface area (Å²) in [6.07, 6.45) is 1.83. The number of aromatic nitrogens is 3. The van der Waals surface area contributed by atoms with Crippen molar-refractivity contribution < 1.29 is 4.39 Å². The molecule has 1 saturated heterocycles. The zero-order valence-electron chi connectivity index (χ0n) is 12.4. The first-order chi connectivity index (χ1) is 10.1. The highest BCUT2D eigenvalue weighted by atomic mass is 19.1. The predicted molar refractivity (Wildman–Crippen MR) is 79.5 cm³/mol. The number of hydrogen-bond donors (Lipinski definition) is 0. The minimum Gasteiger partial charge on any atom is -0.351 e. The molecule has 1 aliphatic rings. The molecule has 21 heavy (non-hydrogen) atoms. The molecule has 1 aliphatic heterocycles. The van der Waals surface area contributed by atoms with Crippen LogP contribution in [0.25, 0.3) is 0 Å². The molecule has 0 saturated carbocycles. The van der Waals surface area contributed by atoms with E-state index in [2.05, 4.69) is 26.8 Å². The van der Waals surface area contributed by atoms with Gasteiger partial charge in [-0.15, -0.1) is 0 Å². The fourth-order valence-corrected chi connectivity index (χ4v) is 2.86. The van der Waals surface area contributed by atoms with Crippen LogP contribution in [-0.2, 0) is 13.6 Å². The first-order valence-corrected chi connectivity index (χ1v) is 7.22. The van der Waals surface area contributed by atoms with Crippen molar-refractivity contribution in [1.29, 1.82) is 0 Å². The Bertz CT molecular complexity index is 612. The molecule has 0 radical (unpaired) electrons. The van der Waals surface area contributed by atoms with Crippen molar-refractivity contribution in [2.45, 2.75) is 19.5 Å². The van der Waals surface area contributed by atoms with Crippen molar-refractivity contribution in [2.24, 2.45) is 7.05 Å². The molecular formula is C15H20FN5. The van der Waals surface area contributed by atoms with Crippen molar-refractivity contribution in [3.8, 4) is 0 Å². The van der Waals surface area contributed by atoms with E-state index in [1.165, 1.54) is 11.8 Å². The second-order valence-electron chi connectivity index (χ2n) is 5.54. The predicted octanol–water partition coefficient (Wildman–Crippen LogP) is 1.66. The van der Waals surface area contributed by atoms with Gasteiger partial charge >= 0.3 is 0 Å². The molecule has 5 nitrogen and oxygen atoms in total. The number of pyridine rings is 1. The van der Waals surface area contributed by atoms with Crippen LogP contribution in [0.15, 0.2) is 30.5 Å². The van der Waals surface area contributed by atoms with Crippen LogP contribution in [0.5, 0.6) is 0 Å². The summed E-state index contributed by atoms with van der Waals surface area (Å²) in [7, 11) is 1.96. The smallest absolute Gasteiger partial charge is 0.214 e. The summed E-state index contributed by atoms with van der Waals surface area (Å²) in [6, 6.07) is 7.32. The lowest BCUT2D eigenvalue weighted by Crippen LogP contribution is -2.52. The molecule has 3 heterocycles. The lowest BCUT2D eigenvalue weighted by Gasteiger charge is -2.40. The molecular weight excluding hydrogens is 269 g/mol. The number of rotatable bonds is 3. The topological polar surface area (TPSA) is 37.2 Å². The molecule has 2 aromatic heterocycles. The molecule has 0 N–H and O–H groups in total. The van der Waals surface area contributed by atoms with Crippen molar-refractivity contribution in [3.63, 3.8) is 0 Å². The summed E-state index contributed by atoms with van der Waals surface area (Å²) >= 11 is 0. The molecule has 3 rings (SSSR count). The Labute approximate surface area is 124 Å². The average Bonchev–Trinajstić information content (AvgIpc) is 2.84. The van der Waals surface area contributed by atoms with Gasteiger partial charge in [-0.05, 0) is 25.1 Å². The highest BCUT2D eigenvalue weighted by molar-refractivity contribution is 5.40. The van der Waals surface area contributed by atoms with E-state index in [0.717, 1.165) is 32.0 Å². The van der Waals surface area contributed by atoms with E-state index in [1.807, 2.05) is 30.1 Å². The monoisotopic (exact) mass is 289 g/mol. The van der Waals surface area contributed by atoms with Gasteiger partial charge in [0.25, 0.3) is 0 Å². The molecule has 0 spiro atoms. The molecule has 2 aromatic rings. The van der Waals surface area contributed by atoms with Gasteiger partial charge < -0.3 is 4.90 Å². The molecule has 1 unspecified atom stereocenters. The third-order valence-electron chi connectivity index (χ3n) is 4.01. The minimum atomic E-state index is -0.419. The second kappa shape index (κ2) is 5.81. The summed E-state index contributed by atoms with van der Waals surface area (Å²) in [5, 5.41) is 4.20. The molecule has 0 aromatic carbocycles. The Morgan fingerprint density at radius 3 is 2.81 bits per heavy atom. The van der Waals surface area contributed by atoms with Crippen molar-refractivity contribution in [1.82, 2.24) is 19.7 Å². The van der Waals surface area contributed by atoms with Crippen molar-refractivity contribution >= 4 is 5.82 Å². The lowest BCUT2D eigenvalue weighted by molar-refractivity contribution is 0.215. The highest BCUT2D eigenvalue weighted by Crippen LogP contribution is 2.19. The SMILES string of the molecule is CC1CN(Cc2ccnn2C)CCN1c1cccc(F)n1. The van der Waals surface area contributed by atoms with Crippen LogP contribution < -0.4 is 4.90 Å². The third-order valence-corrected chi connectivity index (χ3v) is 4.01. The zero-order chi connectivity index (χ0) is 14.8. The van der Waals surface area contributed by atoms with Gasteiger partial charge in [-0.3, -0.25) is 9.58 Å². The molecule has 112 valence electrons. The van der Waals surface area contributed by atoms with E-state index < -0.39 is 5.95 Å². The van der Waals surface area contributed by atoms with Gasteiger partial charge in [0, 0.05) is 45.5 Å². The summed E-state index contributed by atoms with van der Waals surface area (Å²) in [5.74, 6) is 0.305. The van der Waals surface area contributed by atoms with Gasteiger partial charge in [0.1, 0.15) is 5.82 Å². The Balaban J connectivity index is 1.65. The Kier molecular flexibility index (Phi) is 3.88. The number of nitrogens with zero attached hydrogens (tertiary/aromatic N) is 5. The van der Waals surface area contributed by atoms with Gasteiger partial charge in [0.05, 0.1) is 5.69 Å². The average molecular weight is 289 g/mol. The van der Waals surface area contributed by atoms with E-state index in [4.69, 9.17) is 0 Å². The maximum atomic E-state index is 13.3. The van der Waals surface area contributed by atoms with Gasteiger partial charge in [0.15, 0.2) is 0 Å². The number of aryl methyl sites for hydroxylation is 1. The molecule has 0 bridgehead atoms. The van der Waals surface area contributed by atoms with Crippen LogP contribution in [0.1, 0.15) is 12.6 Å². The molecule has 1 atom stereocenters. The van der Waals surface area contributed by atoms with E-state index in [-0.39, 0.29) is 0 Å². The van der Waals surface area contributed by atoms with Crippen molar-refractivity contribution in [2.75, 3.05) is 24.5 Å². The van der Waals surface area contributed by atoms with Crippen molar-refractivity contribution in [3.05, 3.63) is 42.1 Å². The maximum absolute atomic E-state index is 13.3. The van der Waals surface area contributed by atoms with Crippen LogP contribution in [0, 0.1) is 5.95 Å². The molecule has 1 fully saturated rings. The van der Waals surface area contributed by atoms with E-state index in [0.29, 0.717) is 6.04 Å². The first-order valence-electron chi connectivity index (χ1n) is 7.22. The van der Waals surface area contributed by atoms with Crippen LogP contribution in [0.4, 0.5) is 10.2 Å². The number of piperazine rings is 1. The Morgan fingerprint density at radius 1 is 1.29 bits per heavy atom. The summed E-state index contributed by atoms with van der Waals surface area (Å²) < 4.78 is 15.2. The molecule has 6 heteroatoms. The van der Waals surface area contributed by atoms with E-state index >= 15 is 0 Å². The number of halogens is 1. The maximum Gasteiger partial charge on any atom is 0.214 e. The Morgan fingerprint density at radius 2 is 2.14 bits per heavy atom.